The zero-order valence-corrected chi connectivity index (χ0v) is 21.0. The van der Waals surface area contributed by atoms with Gasteiger partial charge in [0.1, 0.15) is 5.76 Å². The van der Waals surface area contributed by atoms with Crippen molar-refractivity contribution in [2.75, 3.05) is 0 Å². The molecule has 0 radical (unpaired) electrons. The van der Waals surface area contributed by atoms with Crippen LogP contribution in [0.2, 0.25) is 5.02 Å². The van der Waals surface area contributed by atoms with E-state index in [4.69, 9.17) is 16.3 Å². The molecule has 3 heteroatoms. The van der Waals surface area contributed by atoms with Crippen LogP contribution in [-0.4, -0.2) is 0 Å². The molecule has 1 heterocycles. The highest BCUT2D eigenvalue weighted by Crippen LogP contribution is 2.56. The van der Waals surface area contributed by atoms with E-state index in [1.807, 2.05) is 36.4 Å². The van der Waals surface area contributed by atoms with Gasteiger partial charge in [0.2, 0.25) is 0 Å². The van der Waals surface area contributed by atoms with E-state index in [1.54, 1.807) is 0 Å². The predicted octanol–water partition coefficient (Wildman–Crippen LogP) is 9.00. The summed E-state index contributed by atoms with van der Waals surface area (Å²) in [6, 6.07) is 39.3. The second kappa shape index (κ2) is 9.20. The van der Waals surface area contributed by atoms with Gasteiger partial charge in [0, 0.05) is 21.7 Å². The number of benzene rings is 4. The Kier molecular flexibility index (Phi) is 6.13. The molecule has 162 valence electrons. The Hall–Kier alpha value is -2.82. The van der Waals surface area contributed by atoms with Crippen molar-refractivity contribution < 1.29 is 4.74 Å². The fourth-order valence-corrected chi connectivity index (χ4v) is 5.53. The highest BCUT2D eigenvalue weighted by molar-refractivity contribution is 14.1. The number of halogens is 2. The van der Waals surface area contributed by atoms with Crippen LogP contribution in [0.3, 0.4) is 0 Å². The van der Waals surface area contributed by atoms with E-state index in [1.165, 1.54) is 0 Å². The smallest absolute Gasteiger partial charge is 0.159 e. The van der Waals surface area contributed by atoms with Gasteiger partial charge in [-0.1, -0.05) is 121 Å². The van der Waals surface area contributed by atoms with Crippen molar-refractivity contribution in [1.29, 1.82) is 0 Å². The van der Waals surface area contributed by atoms with Gasteiger partial charge in [-0.15, -0.1) is 0 Å². The highest BCUT2D eigenvalue weighted by atomic mass is 127. The summed E-state index contributed by atoms with van der Waals surface area (Å²) < 4.78 is 8.05. The van der Waals surface area contributed by atoms with Gasteiger partial charge in [-0.25, -0.2) is 0 Å². The van der Waals surface area contributed by atoms with Gasteiger partial charge >= 0.3 is 0 Å². The lowest BCUT2D eigenvalue weighted by molar-refractivity contribution is 0.0940. The lowest BCUT2D eigenvalue weighted by Crippen LogP contribution is -2.24. The van der Waals surface area contributed by atoms with E-state index >= 15 is 0 Å². The Labute approximate surface area is 213 Å². The maximum atomic E-state index is 6.98. The number of hydrogen-bond acceptors (Lipinski definition) is 1. The van der Waals surface area contributed by atoms with Crippen molar-refractivity contribution in [2.24, 2.45) is 0 Å². The summed E-state index contributed by atoms with van der Waals surface area (Å²) in [5, 5.41) is 0.691. The summed E-state index contributed by atoms with van der Waals surface area (Å²) in [4.78, 5) is 0. The van der Waals surface area contributed by atoms with Crippen LogP contribution in [0.15, 0.2) is 121 Å². The molecule has 1 unspecified atom stereocenters. The normalized spacial score (nSPS) is 19.4. The van der Waals surface area contributed by atoms with Gasteiger partial charge < -0.3 is 4.74 Å². The van der Waals surface area contributed by atoms with Crippen molar-refractivity contribution in [3.63, 3.8) is 0 Å². The largest absolute Gasteiger partial charge is 0.476 e. The van der Waals surface area contributed by atoms with Gasteiger partial charge in [-0.3, -0.25) is 0 Å². The third kappa shape index (κ3) is 4.03. The van der Waals surface area contributed by atoms with E-state index in [2.05, 4.69) is 108 Å². The van der Waals surface area contributed by atoms with Crippen LogP contribution >= 0.6 is 34.2 Å². The standard InChI is InChI=1S/C30H22ClIO/c1-30(24-19-11-12-20-25(24)31)27(22-15-7-3-8-16-22)26(21-13-5-2-6-14-21)29(33-30)28(32)23-17-9-4-10-18-23/h2-20H,1H3/b29-28-. The van der Waals surface area contributed by atoms with Crippen molar-refractivity contribution in [1.82, 2.24) is 0 Å². The molecule has 0 aromatic heterocycles. The molecule has 0 amide bonds. The second-order valence-electron chi connectivity index (χ2n) is 8.11. The van der Waals surface area contributed by atoms with Crippen LogP contribution in [0, 0.1) is 0 Å². The minimum absolute atomic E-state index is 0.691. The van der Waals surface area contributed by atoms with Gasteiger partial charge in [-0.05, 0) is 52.3 Å². The average Bonchev–Trinajstić information content (AvgIpc) is 3.19. The van der Waals surface area contributed by atoms with E-state index < -0.39 is 5.60 Å². The number of allylic oxidation sites excluding steroid dienone is 1. The lowest BCUT2D eigenvalue weighted by Gasteiger charge is -2.30. The average molecular weight is 561 g/mol. The first kappa shape index (κ1) is 22.0. The predicted molar refractivity (Wildman–Crippen MR) is 147 cm³/mol. The summed E-state index contributed by atoms with van der Waals surface area (Å²) in [5.74, 6) is 0.870. The molecule has 1 atom stereocenters. The van der Waals surface area contributed by atoms with Gasteiger partial charge in [0.05, 0.1) is 3.58 Å². The molecule has 0 bridgehead atoms. The molecular weight excluding hydrogens is 539 g/mol. The fourth-order valence-electron chi connectivity index (χ4n) is 4.47. The number of rotatable bonds is 4. The first-order valence-corrected chi connectivity index (χ1v) is 12.3. The second-order valence-corrected chi connectivity index (χ2v) is 9.59. The Morgan fingerprint density at radius 1 is 0.697 bits per heavy atom. The zero-order valence-electron chi connectivity index (χ0n) is 18.1. The minimum Gasteiger partial charge on any atom is -0.476 e. The quantitative estimate of drug-likeness (QED) is 0.226. The molecule has 4 aromatic carbocycles. The molecule has 0 N–H and O–H groups in total. The van der Waals surface area contributed by atoms with E-state index in [0.717, 1.165) is 42.7 Å². The molecule has 4 aromatic rings. The van der Waals surface area contributed by atoms with Crippen molar-refractivity contribution in [3.8, 4) is 0 Å². The lowest BCUT2D eigenvalue weighted by atomic mass is 9.81. The number of ether oxygens (including phenoxy) is 1. The molecular formula is C30H22ClIO. The first-order chi connectivity index (χ1) is 16.1. The van der Waals surface area contributed by atoms with Gasteiger partial charge in [0.25, 0.3) is 0 Å². The van der Waals surface area contributed by atoms with Crippen LogP contribution in [0.25, 0.3) is 14.7 Å². The Balaban J connectivity index is 1.89. The van der Waals surface area contributed by atoms with Crippen LogP contribution in [0.4, 0.5) is 0 Å². The zero-order chi connectivity index (χ0) is 22.8. The molecule has 0 aliphatic carbocycles. The Morgan fingerprint density at radius 2 is 1.21 bits per heavy atom. The van der Waals surface area contributed by atoms with Gasteiger partial charge in [-0.2, -0.15) is 0 Å². The highest BCUT2D eigenvalue weighted by Gasteiger charge is 2.46. The van der Waals surface area contributed by atoms with Crippen LogP contribution in [0.1, 0.15) is 29.2 Å². The molecule has 1 nitrogen and oxygen atoms in total. The van der Waals surface area contributed by atoms with E-state index in [-0.39, 0.29) is 0 Å². The first-order valence-electron chi connectivity index (χ1n) is 10.8. The van der Waals surface area contributed by atoms with E-state index in [9.17, 15) is 0 Å². The summed E-state index contributed by atoms with van der Waals surface area (Å²) in [7, 11) is 0. The topological polar surface area (TPSA) is 9.23 Å². The van der Waals surface area contributed by atoms with Crippen LogP contribution in [-0.2, 0) is 10.3 Å². The van der Waals surface area contributed by atoms with E-state index in [0.29, 0.717) is 5.02 Å². The van der Waals surface area contributed by atoms with Crippen LogP contribution < -0.4 is 0 Å². The van der Waals surface area contributed by atoms with Crippen molar-refractivity contribution >= 4 is 48.9 Å². The molecule has 33 heavy (non-hydrogen) atoms. The molecule has 1 aliphatic heterocycles. The third-order valence-corrected chi connectivity index (χ3v) is 7.44. The summed E-state index contributed by atoms with van der Waals surface area (Å²) in [5.41, 5.74) is 5.76. The molecule has 5 rings (SSSR count). The maximum absolute atomic E-state index is 6.98. The monoisotopic (exact) mass is 560 g/mol. The molecule has 0 saturated carbocycles. The van der Waals surface area contributed by atoms with Crippen molar-refractivity contribution in [2.45, 2.75) is 12.5 Å². The third-order valence-electron chi connectivity index (χ3n) is 6.00. The number of hydrogen-bond donors (Lipinski definition) is 0. The maximum Gasteiger partial charge on any atom is 0.159 e. The summed E-state index contributed by atoms with van der Waals surface area (Å²) >= 11 is 9.18. The fraction of sp³-hybridized carbons (Fsp3) is 0.0667. The van der Waals surface area contributed by atoms with Gasteiger partial charge in [0.15, 0.2) is 5.60 Å². The minimum atomic E-state index is -0.759. The van der Waals surface area contributed by atoms with Crippen molar-refractivity contribution in [3.05, 3.63) is 148 Å². The Morgan fingerprint density at radius 3 is 1.82 bits per heavy atom. The molecule has 0 spiro atoms. The molecule has 0 fully saturated rings. The molecule has 0 saturated heterocycles. The summed E-state index contributed by atoms with van der Waals surface area (Å²) in [6.07, 6.45) is 0. The van der Waals surface area contributed by atoms with Crippen LogP contribution in [0.5, 0.6) is 0 Å². The molecule has 1 aliphatic rings. The Bertz CT molecular complexity index is 1340. The SMILES string of the molecule is CC1(c2ccccc2Cl)O/C(=C(\I)c2ccccc2)C(c2ccccc2)=C1c1ccccc1. The summed E-state index contributed by atoms with van der Waals surface area (Å²) in [6.45, 7) is 2.13.